The molecule has 0 radical (unpaired) electrons. The van der Waals surface area contributed by atoms with Gasteiger partial charge in [-0.15, -0.1) is 0 Å². The molecule has 0 fully saturated rings. The lowest BCUT2D eigenvalue weighted by Crippen LogP contribution is -2.20. The third-order valence-electron chi connectivity index (χ3n) is 2.92. The van der Waals surface area contributed by atoms with E-state index in [0.717, 1.165) is 5.56 Å². The lowest BCUT2D eigenvalue weighted by Gasteiger charge is -2.10. The highest BCUT2D eigenvalue weighted by Crippen LogP contribution is 2.21. The molecule has 0 saturated carbocycles. The van der Waals surface area contributed by atoms with E-state index in [1.165, 1.54) is 0 Å². The fourth-order valence-corrected chi connectivity index (χ4v) is 1.81. The number of nitrogen functional groups attached to an aromatic ring is 1. The quantitative estimate of drug-likeness (QED) is 0.829. The summed E-state index contributed by atoms with van der Waals surface area (Å²) in [6.45, 7) is 1.82. The van der Waals surface area contributed by atoms with Crippen molar-refractivity contribution in [3.63, 3.8) is 0 Å². The zero-order valence-corrected chi connectivity index (χ0v) is 12.1. The molecule has 2 aromatic rings. The largest absolute Gasteiger partial charge is 0.497 e. The van der Waals surface area contributed by atoms with Crippen LogP contribution in [0.1, 0.15) is 5.56 Å². The van der Waals surface area contributed by atoms with Crippen molar-refractivity contribution in [1.82, 2.24) is 0 Å². The van der Waals surface area contributed by atoms with Gasteiger partial charge >= 0.3 is 0 Å². The number of rotatable bonds is 5. The predicted octanol–water partition coefficient (Wildman–Crippen LogP) is 2.60. The second-order valence-corrected chi connectivity index (χ2v) is 4.59. The SMILES string of the molecule is COc1cccc(NC(=O)COc2cc(N)ccc2C)c1. The van der Waals surface area contributed by atoms with Gasteiger partial charge in [0.15, 0.2) is 6.61 Å². The minimum absolute atomic E-state index is 0.0818. The van der Waals surface area contributed by atoms with Crippen LogP contribution in [0.4, 0.5) is 11.4 Å². The van der Waals surface area contributed by atoms with Crippen LogP contribution in [0.15, 0.2) is 42.5 Å². The number of carbonyl (C=O) groups is 1. The summed E-state index contributed by atoms with van der Waals surface area (Å²) >= 11 is 0. The molecule has 0 bridgehead atoms. The Morgan fingerprint density at radius 3 is 2.81 bits per heavy atom. The molecule has 5 heteroatoms. The van der Waals surface area contributed by atoms with Crippen LogP contribution in [0, 0.1) is 6.92 Å². The Hall–Kier alpha value is -2.69. The molecule has 0 aliphatic rings. The van der Waals surface area contributed by atoms with Gasteiger partial charge in [-0.25, -0.2) is 0 Å². The third-order valence-corrected chi connectivity index (χ3v) is 2.92. The van der Waals surface area contributed by atoms with E-state index in [9.17, 15) is 4.79 Å². The van der Waals surface area contributed by atoms with Crippen LogP contribution in [-0.4, -0.2) is 19.6 Å². The molecule has 0 aliphatic carbocycles. The molecule has 1 amide bonds. The number of anilines is 2. The minimum Gasteiger partial charge on any atom is -0.497 e. The monoisotopic (exact) mass is 286 g/mol. The van der Waals surface area contributed by atoms with Crippen LogP contribution in [0.5, 0.6) is 11.5 Å². The van der Waals surface area contributed by atoms with Crippen molar-refractivity contribution in [2.24, 2.45) is 0 Å². The lowest BCUT2D eigenvalue weighted by molar-refractivity contribution is -0.118. The van der Waals surface area contributed by atoms with Gasteiger partial charge in [-0.2, -0.15) is 0 Å². The predicted molar refractivity (Wildman–Crippen MR) is 82.7 cm³/mol. The molecule has 110 valence electrons. The molecule has 0 heterocycles. The van der Waals surface area contributed by atoms with E-state index in [1.54, 1.807) is 37.4 Å². The summed E-state index contributed by atoms with van der Waals surface area (Å²) in [5, 5.41) is 2.75. The summed E-state index contributed by atoms with van der Waals surface area (Å²) in [6, 6.07) is 12.5. The number of carbonyl (C=O) groups excluding carboxylic acids is 1. The number of ether oxygens (including phenoxy) is 2. The van der Waals surface area contributed by atoms with Crippen molar-refractivity contribution in [3.8, 4) is 11.5 Å². The molecule has 2 aromatic carbocycles. The van der Waals surface area contributed by atoms with Crippen LogP contribution in [0.3, 0.4) is 0 Å². The van der Waals surface area contributed by atoms with Crippen molar-refractivity contribution in [3.05, 3.63) is 48.0 Å². The van der Waals surface area contributed by atoms with E-state index in [2.05, 4.69) is 5.32 Å². The van der Waals surface area contributed by atoms with Crippen molar-refractivity contribution in [1.29, 1.82) is 0 Å². The summed E-state index contributed by atoms with van der Waals surface area (Å²) in [6.07, 6.45) is 0. The van der Waals surface area contributed by atoms with E-state index < -0.39 is 0 Å². The number of nitrogens with one attached hydrogen (secondary N) is 1. The first-order chi connectivity index (χ1) is 10.1. The first-order valence-electron chi connectivity index (χ1n) is 6.51. The lowest BCUT2D eigenvalue weighted by atomic mass is 10.2. The Balaban J connectivity index is 1.94. The Morgan fingerprint density at radius 2 is 2.05 bits per heavy atom. The van der Waals surface area contributed by atoms with Gasteiger partial charge in [-0.05, 0) is 30.7 Å². The van der Waals surface area contributed by atoms with Crippen molar-refractivity contribution in [2.75, 3.05) is 24.8 Å². The summed E-state index contributed by atoms with van der Waals surface area (Å²) < 4.78 is 10.6. The fraction of sp³-hybridized carbons (Fsp3) is 0.188. The van der Waals surface area contributed by atoms with Gasteiger partial charge in [-0.3, -0.25) is 4.79 Å². The highest BCUT2D eigenvalue weighted by molar-refractivity contribution is 5.92. The van der Waals surface area contributed by atoms with Crippen molar-refractivity contribution in [2.45, 2.75) is 6.92 Å². The van der Waals surface area contributed by atoms with E-state index in [-0.39, 0.29) is 12.5 Å². The molecule has 0 spiro atoms. The average Bonchev–Trinajstić information content (AvgIpc) is 2.48. The molecule has 0 saturated heterocycles. The van der Waals surface area contributed by atoms with E-state index in [1.807, 2.05) is 19.1 Å². The number of methoxy groups -OCH3 is 1. The number of hydrogen-bond donors (Lipinski definition) is 2. The second-order valence-electron chi connectivity index (χ2n) is 4.59. The molecule has 0 aromatic heterocycles. The fourth-order valence-electron chi connectivity index (χ4n) is 1.81. The van der Waals surface area contributed by atoms with Crippen molar-refractivity contribution < 1.29 is 14.3 Å². The molecule has 0 atom stereocenters. The van der Waals surface area contributed by atoms with Crippen LogP contribution in [0.2, 0.25) is 0 Å². The van der Waals surface area contributed by atoms with Gasteiger partial charge in [0, 0.05) is 23.5 Å². The maximum Gasteiger partial charge on any atom is 0.262 e. The summed E-state index contributed by atoms with van der Waals surface area (Å²) in [5.41, 5.74) is 7.88. The van der Waals surface area contributed by atoms with Gasteiger partial charge in [0.2, 0.25) is 0 Å². The maximum absolute atomic E-state index is 11.9. The van der Waals surface area contributed by atoms with Crippen molar-refractivity contribution >= 4 is 17.3 Å². The van der Waals surface area contributed by atoms with E-state index in [0.29, 0.717) is 22.9 Å². The number of benzene rings is 2. The molecule has 5 nitrogen and oxygen atoms in total. The molecular formula is C16H18N2O3. The number of aryl methyl sites for hydroxylation is 1. The summed E-state index contributed by atoms with van der Waals surface area (Å²) in [7, 11) is 1.58. The highest BCUT2D eigenvalue weighted by atomic mass is 16.5. The smallest absolute Gasteiger partial charge is 0.262 e. The minimum atomic E-state index is -0.245. The average molecular weight is 286 g/mol. The van der Waals surface area contributed by atoms with Gasteiger partial charge in [0.1, 0.15) is 11.5 Å². The summed E-state index contributed by atoms with van der Waals surface area (Å²) in [5.74, 6) is 1.04. The molecule has 2 rings (SSSR count). The normalized spacial score (nSPS) is 10.0. The van der Waals surface area contributed by atoms with E-state index in [4.69, 9.17) is 15.2 Å². The molecule has 3 N–H and O–H groups in total. The third kappa shape index (κ3) is 4.14. The van der Waals surface area contributed by atoms with Crippen LogP contribution >= 0.6 is 0 Å². The number of nitrogens with two attached hydrogens (primary N) is 1. The standard InChI is InChI=1S/C16H18N2O3/c1-11-6-7-12(17)8-15(11)21-10-16(19)18-13-4-3-5-14(9-13)20-2/h3-9H,10,17H2,1-2H3,(H,18,19). The maximum atomic E-state index is 11.9. The van der Waals surface area contributed by atoms with Gasteiger partial charge in [0.05, 0.1) is 7.11 Å². The van der Waals surface area contributed by atoms with Gasteiger partial charge < -0.3 is 20.5 Å². The molecular weight excluding hydrogens is 268 g/mol. The van der Waals surface area contributed by atoms with Crippen LogP contribution < -0.4 is 20.5 Å². The Morgan fingerprint density at radius 1 is 1.24 bits per heavy atom. The highest BCUT2D eigenvalue weighted by Gasteiger charge is 2.06. The zero-order chi connectivity index (χ0) is 15.2. The topological polar surface area (TPSA) is 73.6 Å². The Labute approximate surface area is 123 Å². The van der Waals surface area contributed by atoms with Crippen LogP contribution in [0.25, 0.3) is 0 Å². The Bertz CT molecular complexity index is 641. The number of amides is 1. The molecule has 21 heavy (non-hydrogen) atoms. The first kappa shape index (κ1) is 14.7. The summed E-state index contributed by atoms with van der Waals surface area (Å²) in [4.78, 5) is 11.9. The van der Waals surface area contributed by atoms with Gasteiger partial charge in [0.25, 0.3) is 5.91 Å². The second kappa shape index (κ2) is 6.65. The molecule has 0 aliphatic heterocycles. The number of hydrogen-bond acceptors (Lipinski definition) is 4. The van der Waals surface area contributed by atoms with Gasteiger partial charge in [-0.1, -0.05) is 12.1 Å². The first-order valence-corrected chi connectivity index (χ1v) is 6.51. The van der Waals surface area contributed by atoms with E-state index >= 15 is 0 Å². The molecule has 0 unspecified atom stereocenters. The Kier molecular flexibility index (Phi) is 4.66. The van der Waals surface area contributed by atoms with Crippen LogP contribution in [-0.2, 0) is 4.79 Å². The zero-order valence-electron chi connectivity index (χ0n) is 12.1.